The Morgan fingerprint density at radius 3 is 2.95 bits per heavy atom. The van der Waals surface area contributed by atoms with Crippen LogP contribution in [0.3, 0.4) is 0 Å². The number of Topliss-reactive ketones (excluding diaryl/α,β-unsaturated/α-hetero) is 1. The summed E-state index contributed by atoms with van der Waals surface area (Å²) in [6, 6.07) is 5.15. The Kier molecular flexibility index (Phi) is 3.79. The summed E-state index contributed by atoms with van der Waals surface area (Å²) < 4.78 is 6.79. The number of nitrogens with zero attached hydrogens (tertiary/aromatic N) is 3. The Morgan fingerprint density at radius 1 is 1.47 bits per heavy atom. The molecule has 0 saturated carbocycles. The predicted octanol–water partition coefficient (Wildman–Crippen LogP) is 1.31. The van der Waals surface area contributed by atoms with Gasteiger partial charge in [-0.05, 0) is 19.1 Å². The van der Waals surface area contributed by atoms with E-state index in [4.69, 9.17) is 10.5 Å². The van der Waals surface area contributed by atoms with E-state index in [1.807, 2.05) is 6.92 Å². The molecule has 0 spiro atoms. The summed E-state index contributed by atoms with van der Waals surface area (Å²) in [5.74, 6) is 1.04. The van der Waals surface area contributed by atoms with Gasteiger partial charge in [0.2, 0.25) is 0 Å². The summed E-state index contributed by atoms with van der Waals surface area (Å²) >= 11 is 0. The van der Waals surface area contributed by atoms with Gasteiger partial charge in [-0.3, -0.25) is 4.79 Å². The lowest BCUT2D eigenvalue weighted by molar-refractivity contribution is 0.0990. The molecule has 1 aromatic heterocycles. The summed E-state index contributed by atoms with van der Waals surface area (Å²) in [4.78, 5) is 16.3. The van der Waals surface area contributed by atoms with Crippen molar-refractivity contribution < 1.29 is 9.53 Å². The van der Waals surface area contributed by atoms with Crippen LogP contribution in [0.4, 0.5) is 5.69 Å². The number of hydrogen-bond donors (Lipinski definition) is 1. The van der Waals surface area contributed by atoms with E-state index in [0.717, 1.165) is 0 Å². The molecule has 0 fully saturated rings. The van der Waals surface area contributed by atoms with E-state index in [-0.39, 0.29) is 12.2 Å². The van der Waals surface area contributed by atoms with Gasteiger partial charge in [-0.1, -0.05) is 6.07 Å². The Hall–Kier alpha value is -2.37. The first kappa shape index (κ1) is 13.1. The number of benzene rings is 1. The highest BCUT2D eigenvalue weighted by molar-refractivity contribution is 6.02. The molecule has 2 N–H and O–H groups in total. The number of rotatable bonds is 5. The minimum absolute atomic E-state index is 0.0981. The molecule has 0 saturated heterocycles. The first-order valence-corrected chi connectivity index (χ1v) is 5.99. The van der Waals surface area contributed by atoms with Crippen LogP contribution < -0.4 is 10.5 Å². The fraction of sp³-hybridized carbons (Fsp3) is 0.308. The zero-order valence-electron chi connectivity index (χ0n) is 11.0. The van der Waals surface area contributed by atoms with Crippen LogP contribution in [0.25, 0.3) is 0 Å². The Bertz CT molecular complexity index is 592. The molecule has 6 nitrogen and oxygen atoms in total. The van der Waals surface area contributed by atoms with Gasteiger partial charge in [-0.15, -0.1) is 0 Å². The van der Waals surface area contributed by atoms with Crippen molar-refractivity contribution in [1.82, 2.24) is 14.8 Å². The topological polar surface area (TPSA) is 83.0 Å². The SMILES string of the molecule is CCn1ncnc1CC(=O)c1cccc(OC)c1N. The number of methoxy groups -OCH3 is 1. The fourth-order valence-electron chi connectivity index (χ4n) is 1.89. The van der Waals surface area contributed by atoms with Gasteiger partial charge < -0.3 is 10.5 Å². The maximum Gasteiger partial charge on any atom is 0.172 e. The van der Waals surface area contributed by atoms with E-state index in [0.29, 0.717) is 29.4 Å². The van der Waals surface area contributed by atoms with E-state index in [2.05, 4.69) is 10.1 Å². The average Bonchev–Trinajstić information content (AvgIpc) is 2.86. The number of para-hydroxylation sites is 1. The molecule has 1 heterocycles. The van der Waals surface area contributed by atoms with Crippen LogP contribution in [0.15, 0.2) is 24.5 Å². The minimum atomic E-state index is -0.0981. The summed E-state index contributed by atoms with van der Waals surface area (Å²) in [5, 5.41) is 4.03. The molecule has 0 aliphatic carbocycles. The van der Waals surface area contributed by atoms with Crippen molar-refractivity contribution in [2.75, 3.05) is 12.8 Å². The highest BCUT2D eigenvalue weighted by atomic mass is 16.5. The van der Waals surface area contributed by atoms with Crippen LogP contribution in [0.2, 0.25) is 0 Å². The summed E-state index contributed by atoms with van der Waals surface area (Å²) in [6.07, 6.45) is 1.62. The number of carbonyl (C=O) groups is 1. The van der Waals surface area contributed by atoms with E-state index < -0.39 is 0 Å². The van der Waals surface area contributed by atoms with Crippen LogP contribution in [0, 0.1) is 0 Å². The molecule has 0 amide bonds. The van der Waals surface area contributed by atoms with Crippen molar-refractivity contribution in [3.8, 4) is 5.75 Å². The number of ether oxygens (including phenoxy) is 1. The number of aryl methyl sites for hydroxylation is 1. The predicted molar refractivity (Wildman–Crippen MR) is 71.1 cm³/mol. The number of nitrogen functional groups attached to an aromatic ring is 1. The third-order valence-electron chi connectivity index (χ3n) is 2.90. The molecule has 6 heteroatoms. The monoisotopic (exact) mass is 260 g/mol. The van der Waals surface area contributed by atoms with E-state index in [9.17, 15) is 4.79 Å². The molecule has 0 unspecified atom stereocenters. The Morgan fingerprint density at radius 2 is 2.26 bits per heavy atom. The van der Waals surface area contributed by atoms with Crippen molar-refractivity contribution in [2.24, 2.45) is 0 Å². The van der Waals surface area contributed by atoms with Gasteiger partial charge in [0, 0.05) is 12.1 Å². The Labute approximate surface area is 111 Å². The highest BCUT2D eigenvalue weighted by Gasteiger charge is 2.16. The van der Waals surface area contributed by atoms with Gasteiger partial charge >= 0.3 is 0 Å². The molecule has 100 valence electrons. The normalized spacial score (nSPS) is 10.4. The first-order chi connectivity index (χ1) is 9.17. The fourth-order valence-corrected chi connectivity index (χ4v) is 1.89. The van der Waals surface area contributed by atoms with Crippen molar-refractivity contribution in [1.29, 1.82) is 0 Å². The molecule has 2 aromatic rings. The highest BCUT2D eigenvalue weighted by Crippen LogP contribution is 2.25. The standard InChI is InChI=1S/C13H16N4O2/c1-3-17-12(15-8-16-17)7-10(18)9-5-4-6-11(19-2)13(9)14/h4-6,8H,3,7,14H2,1-2H3. The molecule has 0 aliphatic heterocycles. The van der Waals surface area contributed by atoms with Crippen LogP contribution in [0.1, 0.15) is 23.1 Å². The third kappa shape index (κ3) is 2.57. The molecular weight excluding hydrogens is 244 g/mol. The summed E-state index contributed by atoms with van der Waals surface area (Å²) in [5.41, 5.74) is 6.71. The second-order valence-corrected chi connectivity index (χ2v) is 4.01. The zero-order chi connectivity index (χ0) is 13.8. The largest absolute Gasteiger partial charge is 0.495 e. The summed E-state index contributed by atoms with van der Waals surface area (Å²) in [6.45, 7) is 2.62. The Balaban J connectivity index is 2.26. The van der Waals surface area contributed by atoms with Gasteiger partial charge in [0.15, 0.2) is 5.78 Å². The average molecular weight is 260 g/mol. The maximum absolute atomic E-state index is 12.3. The number of anilines is 1. The van der Waals surface area contributed by atoms with Crippen molar-refractivity contribution in [3.05, 3.63) is 35.9 Å². The molecule has 19 heavy (non-hydrogen) atoms. The van der Waals surface area contributed by atoms with Crippen LogP contribution in [-0.4, -0.2) is 27.7 Å². The first-order valence-electron chi connectivity index (χ1n) is 5.99. The van der Waals surface area contributed by atoms with Gasteiger partial charge in [0.05, 0.1) is 19.2 Å². The maximum atomic E-state index is 12.3. The van der Waals surface area contributed by atoms with E-state index >= 15 is 0 Å². The number of hydrogen-bond acceptors (Lipinski definition) is 5. The second kappa shape index (κ2) is 5.51. The molecule has 0 bridgehead atoms. The lowest BCUT2D eigenvalue weighted by Gasteiger charge is -2.09. The van der Waals surface area contributed by atoms with Crippen molar-refractivity contribution in [3.63, 3.8) is 0 Å². The van der Waals surface area contributed by atoms with Crippen molar-refractivity contribution >= 4 is 11.5 Å². The smallest absolute Gasteiger partial charge is 0.172 e. The van der Waals surface area contributed by atoms with Crippen LogP contribution in [-0.2, 0) is 13.0 Å². The van der Waals surface area contributed by atoms with Gasteiger partial charge in [0.25, 0.3) is 0 Å². The van der Waals surface area contributed by atoms with E-state index in [1.165, 1.54) is 13.4 Å². The van der Waals surface area contributed by atoms with Gasteiger partial charge in [-0.2, -0.15) is 5.10 Å². The zero-order valence-corrected chi connectivity index (χ0v) is 11.0. The lowest BCUT2D eigenvalue weighted by Crippen LogP contribution is -2.12. The number of carbonyl (C=O) groups excluding carboxylic acids is 1. The van der Waals surface area contributed by atoms with Crippen molar-refractivity contribution in [2.45, 2.75) is 19.9 Å². The second-order valence-electron chi connectivity index (χ2n) is 4.01. The molecule has 2 rings (SSSR count). The van der Waals surface area contributed by atoms with Gasteiger partial charge in [0.1, 0.15) is 17.9 Å². The lowest BCUT2D eigenvalue weighted by atomic mass is 10.1. The molecule has 1 aromatic carbocycles. The van der Waals surface area contributed by atoms with Crippen LogP contribution in [0.5, 0.6) is 5.75 Å². The molecule has 0 atom stereocenters. The quantitative estimate of drug-likeness (QED) is 0.647. The number of aromatic nitrogens is 3. The number of nitrogens with two attached hydrogens (primary N) is 1. The molecular formula is C13H16N4O2. The minimum Gasteiger partial charge on any atom is -0.495 e. The third-order valence-corrected chi connectivity index (χ3v) is 2.90. The number of ketones is 1. The van der Waals surface area contributed by atoms with Crippen LogP contribution >= 0.6 is 0 Å². The van der Waals surface area contributed by atoms with E-state index in [1.54, 1.807) is 22.9 Å². The molecule has 0 radical (unpaired) electrons. The van der Waals surface area contributed by atoms with Gasteiger partial charge in [-0.25, -0.2) is 9.67 Å². The summed E-state index contributed by atoms with van der Waals surface area (Å²) in [7, 11) is 1.52. The molecule has 0 aliphatic rings.